The second-order valence-electron chi connectivity index (χ2n) is 6.21. The zero-order valence-corrected chi connectivity index (χ0v) is 15.4. The molecule has 4 rings (SSSR count). The van der Waals surface area contributed by atoms with Crippen molar-refractivity contribution in [1.29, 1.82) is 0 Å². The van der Waals surface area contributed by atoms with Crippen LogP contribution in [0, 0.1) is 12.7 Å². The van der Waals surface area contributed by atoms with Crippen LogP contribution in [0.5, 0.6) is 0 Å². The first-order chi connectivity index (χ1) is 12.5. The fourth-order valence-electron chi connectivity index (χ4n) is 2.62. The van der Waals surface area contributed by atoms with Gasteiger partial charge in [-0.3, -0.25) is 10.1 Å². The van der Waals surface area contributed by atoms with Crippen molar-refractivity contribution in [2.45, 2.75) is 32.2 Å². The second kappa shape index (κ2) is 6.77. The molecular weight excluding hydrogens is 377 g/mol. The van der Waals surface area contributed by atoms with E-state index in [-0.39, 0.29) is 16.9 Å². The van der Waals surface area contributed by atoms with Crippen LogP contribution < -0.4 is 5.32 Å². The van der Waals surface area contributed by atoms with Gasteiger partial charge in [-0.1, -0.05) is 35.1 Å². The number of nitrogens with zero attached hydrogens (tertiary/aromatic N) is 4. The Bertz CT molecular complexity index is 964. The van der Waals surface area contributed by atoms with Crippen LogP contribution in [0.1, 0.15) is 45.4 Å². The van der Waals surface area contributed by atoms with E-state index in [4.69, 9.17) is 11.6 Å². The van der Waals surface area contributed by atoms with Gasteiger partial charge in [0.1, 0.15) is 16.0 Å². The Hall–Kier alpha value is -2.32. The predicted molar refractivity (Wildman–Crippen MR) is 97.3 cm³/mol. The number of anilines is 1. The highest BCUT2D eigenvalue weighted by Gasteiger charge is 2.28. The number of benzene rings is 1. The normalized spacial score (nSPS) is 13.8. The van der Waals surface area contributed by atoms with Gasteiger partial charge in [0, 0.05) is 5.92 Å². The Kier molecular flexibility index (Phi) is 4.46. The minimum atomic E-state index is -0.364. The summed E-state index contributed by atoms with van der Waals surface area (Å²) in [5.74, 6) is -0.183. The molecule has 1 aliphatic carbocycles. The van der Waals surface area contributed by atoms with Crippen LogP contribution >= 0.6 is 22.9 Å². The van der Waals surface area contributed by atoms with Crippen LogP contribution in [-0.2, 0) is 6.54 Å². The third-order valence-electron chi connectivity index (χ3n) is 4.13. The molecule has 26 heavy (non-hydrogen) atoms. The fraction of sp³-hybridized carbons (Fsp3) is 0.294. The molecule has 6 nitrogen and oxygen atoms in total. The molecule has 0 bridgehead atoms. The number of hydrogen-bond donors (Lipinski definition) is 1. The van der Waals surface area contributed by atoms with Gasteiger partial charge < -0.3 is 0 Å². The monoisotopic (exact) mass is 391 g/mol. The summed E-state index contributed by atoms with van der Waals surface area (Å²) in [4.78, 5) is 12.6. The van der Waals surface area contributed by atoms with Crippen molar-refractivity contribution >= 4 is 34.0 Å². The van der Waals surface area contributed by atoms with Gasteiger partial charge in [0.15, 0.2) is 0 Å². The zero-order valence-electron chi connectivity index (χ0n) is 13.9. The molecule has 0 atom stereocenters. The van der Waals surface area contributed by atoms with Crippen molar-refractivity contribution in [3.63, 3.8) is 0 Å². The van der Waals surface area contributed by atoms with Gasteiger partial charge in [-0.05, 0) is 37.5 Å². The van der Waals surface area contributed by atoms with Gasteiger partial charge in [-0.2, -0.15) is 5.10 Å². The largest absolute Gasteiger partial charge is 0.296 e. The molecule has 1 fully saturated rings. The fourth-order valence-corrected chi connectivity index (χ4v) is 3.85. The lowest BCUT2D eigenvalue weighted by molar-refractivity contribution is 0.102. The Morgan fingerprint density at radius 3 is 2.77 bits per heavy atom. The molecule has 1 aliphatic rings. The highest BCUT2D eigenvalue weighted by atomic mass is 35.5. The maximum atomic E-state index is 13.0. The van der Waals surface area contributed by atoms with Gasteiger partial charge in [0.2, 0.25) is 5.13 Å². The molecule has 134 valence electrons. The van der Waals surface area contributed by atoms with Crippen LogP contribution in [0.3, 0.4) is 0 Å². The Labute approximate surface area is 158 Å². The van der Waals surface area contributed by atoms with Crippen molar-refractivity contribution < 1.29 is 9.18 Å². The van der Waals surface area contributed by atoms with Crippen molar-refractivity contribution in [2.75, 3.05) is 5.32 Å². The van der Waals surface area contributed by atoms with Crippen molar-refractivity contribution in [3.05, 3.63) is 57.1 Å². The summed E-state index contributed by atoms with van der Waals surface area (Å²) in [6, 6.07) is 6.06. The molecule has 2 aromatic heterocycles. The van der Waals surface area contributed by atoms with Gasteiger partial charge in [-0.15, -0.1) is 10.2 Å². The number of carbonyl (C=O) groups is 1. The van der Waals surface area contributed by atoms with Gasteiger partial charge in [0.05, 0.1) is 17.8 Å². The lowest BCUT2D eigenvalue weighted by atomic mass is 10.2. The molecule has 3 aromatic rings. The standard InChI is InChI=1S/C17H15ClFN5OS/c1-9-13(15(25)20-17-22-21-16(26-17)11-4-5-11)14(18)24(23-9)8-10-2-6-12(19)7-3-10/h2-3,6-7,11H,4-5,8H2,1H3,(H,20,22,25). The van der Waals surface area contributed by atoms with E-state index in [1.807, 2.05) is 0 Å². The van der Waals surface area contributed by atoms with Crippen LogP contribution in [0.25, 0.3) is 0 Å². The predicted octanol–water partition coefficient (Wildman–Crippen LogP) is 4.01. The Morgan fingerprint density at radius 2 is 2.08 bits per heavy atom. The number of rotatable bonds is 5. The third-order valence-corrected chi connectivity index (χ3v) is 5.51. The van der Waals surface area contributed by atoms with Crippen LogP contribution in [0.2, 0.25) is 5.15 Å². The zero-order chi connectivity index (χ0) is 18.3. The molecule has 1 saturated carbocycles. The number of amides is 1. The molecule has 1 N–H and O–H groups in total. The summed E-state index contributed by atoms with van der Waals surface area (Å²) in [7, 11) is 0. The first-order valence-electron chi connectivity index (χ1n) is 8.13. The van der Waals surface area contributed by atoms with E-state index < -0.39 is 0 Å². The molecule has 0 radical (unpaired) electrons. The summed E-state index contributed by atoms with van der Waals surface area (Å²) < 4.78 is 14.6. The number of halogens is 2. The number of carbonyl (C=O) groups excluding carboxylic acids is 1. The maximum absolute atomic E-state index is 13.0. The van der Waals surface area contributed by atoms with E-state index in [1.165, 1.54) is 28.2 Å². The summed E-state index contributed by atoms with van der Waals surface area (Å²) >= 11 is 7.76. The molecule has 0 unspecified atom stereocenters. The highest BCUT2D eigenvalue weighted by Crippen LogP contribution is 2.42. The van der Waals surface area contributed by atoms with E-state index in [9.17, 15) is 9.18 Å². The topological polar surface area (TPSA) is 72.7 Å². The van der Waals surface area contributed by atoms with Gasteiger partial charge in [-0.25, -0.2) is 9.07 Å². The van der Waals surface area contributed by atoms with Crippen molar-refractivity contribution in [2.24, 2.45) is 0 Å². The molecule has 0 spiro atoms. The lowest BCUT2D eigenvalue weighted by Gasteiger charge is -2.04. The summed E-state index contributed by atoms with van der Waals surface area (Å²) in [5.41, 5.74) is 1.65. The Morgan fingerprint density at radius 1 is 1.35 bits per heavy atom. The minimum Gasteiger partial charge on any atom is -0.296 e. The van der Waals surface area contributed by atoms with Gasteiger partial charge >= 0.3 is 0 Å². The van der Waals surface area contributed by atoms with Crippen molar-refractivity contribution in [3.8, 4) is 0 Å². The summed E-state index contributed by atoms with van der Waals surface area (Å²) in [6.07, 6.45) is 2.26. The quantitative estimate of drug-likeness (QED) is 0.713. The van der Waals surface area contributed by atoms with E-state index in [1.54, 1.807) is 19.1 Å². The number of aryl methyl sites for hydroxylation is 1. The number of nitrogens with one attached hydrogen (secondary N) is 1. The van der Waals surface area contributed by atoms with E-state index in [2.05, 4.69) is 20.6 Å². The van der Waals surface area contributed by atoms with Gasteiger partial charge in [0.25, 0.3) is 5.91 Å². The van der Waals surface area contributed by atoms with Crippen LogP contribution in [0.15, 0.2) is 24.3 Å². The summed E-state index contributed by atoms with van der Waals surface area (Å²) in [6.45, 7) is 2.07. The van der Waals surface area contributed by atoms with Crippen LogP contribution in [-0.4, -0.2) is 25.9 Å². The molecule has 1 aromatic carbocycles. The second-order valence-corrected chi connectivity index (χ2v) is 7.58. The SMILES string of the molecule is Cc1nn(Cc2ccc(F)cc2)c(Cl)c1C(=O)Nc1nnc(C2CC2)s1. The number of hydrogen-bond acceptors (Lipinski definition) is 5. The molecule has 1 amide bonds. The number of aromatic nitrogens is 4. The Balaban J connectivity index is 1.52. The first-order valence-corrected chi connectivity index (χ1v) is 9.33. The molecule has 9 heteroatoms. The molecular formula is C17H15ClFN5OS. The van der Waals surface area contributed by atoms with Crippen molar-refractivity contribution in [1.82, 2.24) is 20.0 Å². The first kappa shape index (κ1) is 17.1. The van der Waals surface area contributed by atoms with E-state index >= 15 is 0 Å². The minimum absolute atomic E-state index is 0.233. The third kappa shape index (κ3) is 3.47. The lowest BCUT2D eigenvalue weighted by Crippen LogP contribution is -2.13. The smallest absolute Gasteiger partial charge is 0.262 e. The average Bonchev–Trinajstić information content (AvgIpc) is 3.29. The molecule has 0 aliphatic heterocycles. The molecule has 0 saturated heterocycles. The van der Waals surface area contributed by atoms with E-state index in [0.29, 0.717) is 28.9 Å². The van der Waals surface area contributed by atoms with E-state index in [0.717, 1.165) is 23.4 Å². The maximum Gasteiger partial charge on any atom is 0.262 e. The average molecular weight is 392 g/mol. The summed E-state index contributed by atoms with van der Waals surface area (Å²) in [5, 5.41) is 16.8. The molecule has 2 heterocycles. The highest BCUT2D eigenvalue weighted by molar-refractivity contribution is 7.15. The van der Waals surface area contributed by atoms with Crippen LogP contribution in [0.4, 0.5) is 9.52 Å².